The van der Waals surface area contributed by atoms with E-state index in [4.69, 9.17) is 15.1 Å². The molecule has 0 radical (unpaired) electrons. The van der Waals surface area contributed by atoms with E-state index in [1.807, 2.05) is 54.4 Å². The normalized spacial score (nSPS) is 17.7. The molecule has 3 aliphatic heterocycles. The summed E-state index contributed by atoms with van der Waals surface area (Å²) >= 11 is 1.62. The van der Waals surface area contributed by atoms with Crippen LogP contribution in [0, 0.1) is 6.92 Å². The van der Waals surface area contributed by atoms with Crippen molar-refractivity contribution in [3.05, 3.63) is 168 Å². The number of benzene rings is 4. The number of allylic oxidation sites excluding steroid dienone is 1. The summed E-state index contributed by atoms with van der Waals surface area (Å²) in [6.45, 7) is 21.9. The average Bonchev–Trinajstić information content (AvgIpc) is 3.94. The lowest BCUT2D eigenvalue weighted by atomic mass is 9.91. The maximum absolute atomic E-state index is 14.7. The van der Waals surface area contributed by atoms with Crippen molar-refractivity contribution in [1.29, 1.82) is 0 Å². The Morgan fingerprint density at radius 3 is 2.58 bits per heavy atom. The third kappa shape index (κ3) is 10.6. The molecule has 10 rings (SSSR count). The monoisotopic (exact) mass is 1000 g/mol. The third-order valence-electron chi connectivity index (χ3n) is 14.7. The number of aromatic nitrogens is 4. The van der Waals surface area contributed by atoms with Gasteiger partial charge in [0.1, 0.15) is 11.9 Å². The van der Waals surface area contributed by atoms with Gasteiger partial charge in [-0.2, -0.15) is 18.3 Å². The minimum absolute atomic E-state index is 0.0425. The molecule has 2 fully saturated rings. The maximum Gasteiger partial charge on any atom is 0.405 e. The lowest BCUT2D eigenvalue weighted by Gasteiger charge is -2.42. The molecule has 2 saturated heterocycles. The zero-order chi connectivity index (χ0) is 51.0. The summed E-state index contributed by atoms with van der Waals surface area (Å²) in [6, 6.07) is 29.3. The SMILES string of the molecule is C=Cc1nc(N2CCc3cccc(C(=C)Nc4nc5ccccc5s4)c3C2)ccc1-c1cccc(CCCCN2CCN(CC(=C)Nc3ccc4c(C5CCC(=O)NC5=C)nn(C)c4c3)C(C(F)(F)F)C2)c1C. The number of carbonyl (C=O) groups excluding carboxylic acids is 1. The number of hydrogen-bond acceptors (Lipinski definition) is 10. The molecule has 0 spiro atoms. The predicted octanol–water partition coefficient (Wildman–Crippen LogP) is 11.8. The summed E-state index contributed by atoms with van der Waals surface area (Å²) in [5.41, 5.74) is 14.2. The van der Waals surface area contributed by atoms with E-state index in [1.54, 1.807) is 16.0 Å². The van der Waals surface area contributed by atoms with Crippen LogP contribution in [0.2, 0.25) is 0 Å². The Labute approximate surface area is 428 Å². The molecule has 376 valence electrons. The second kappa shape index (κ2) is 20.8. The highest BCUT2D eigenvalue weighted by Crippen LogP contribution is 2.38. The Bertz CT molecular complexity index is 3250. The van der Waals surface area contributed by atoms with Crippen molar-refractivity contribution in [2.75, 3.05) is 54.8 Å². The summed E-state index contributed by atoms with van der Waals surface area (Å²) in [5.74, 6) is 0.755. The van der Waals surface area contributed by atoms with Crippen LogP contribution in [0.1, 0.15) is 70.8 Å². The molecule has 11 nitrogen and oxygen atoms in total. The number of pyridine rings is 1. The summed E-state index contributed by atoms with van der Waals surface area (Å²) < 4.78 is 46.9. The number of thiazole rings is 1. The highest BCUT2D eigenvalue weighted by molar-refractivity contribution is 7.22. The summed E-state index contributed by atoms with van der Waals surface area (Å²) in [4.78, 5) is 27.6. The van der Waals surface area contributed by atoms with Gasteiger partial charge in [0.2, 0.25) is 5.91 Å². The summed E-state index contributed by atoms with van der Waals surface area (Å²) in [7, 11) is 1.85. The van der Waals surface area contributed by atoms with E-state index in [-0.39, 0.29) is 31.5 Å². The van der Waals surface area contributed by atoms with E-state index in [9.17, 15) is 18.0 Å². The van der Waals surface area contributed by atoms with Gasteiger partial charge < -0.3 is 25.8 Å². The van der Waals surface area contributed by atoms with Crippen molar-refractivity contribution < 1.29 is 18.0 Å². The van der Waals surface area contributed by atoms with Crippen molar-refractivity contribution in [2.24, 2.45) is 7.05 Å². The second-order valence-electron chi connectivity index (χ2n) is 19.5. The molecule has 3 aliphatic rings. The number of piperidine rings is 1. The molecule has 0 saturated carbocycles. The van der Waals surface area contributed by atoms with E-state index < -0.39 is 12.2 Å². The first-order valence-corrected chi connectivity index (χ1v) is 25.9. The van der Waals surface area contributed by atoms with Gasteiger partial charge in [-0.1, -0.05) is 86.2 Å². The van der Waals surface area contributed by atoms with E-state index in [1.165, 1.54) is 27.2 Å². The Hall–Kier alpha value is -7.07. The molecule has 73 heavy (non-hydrogen) atoms. The standard InChI is InChI=1S/C58H61F3N10OS/c1-7-49-46(23-25-54(65-49)71-29-27-41-16-13-18-44(48(41)34-71)38(4)64-57-66-50-19-8-9-20-52(50)73-57)43-17-12-15-40(37(43)3)14-10-11-28-69-30-31-70(53(35-69)58(59,60)61)33-36(2)62-42-21-22-47-51(32-42)68(6)67-56(47)45-24-26-55(72)63-39(45)5/h7-9,12-13,15-23,25,32,45,53,62H,1-2,4-5,10-11,14,24,26-31,33-35H2,3,6H3,(H,63,72)(H,64,66). The maximum atomic E-state index is 14.7. The number of rotatable bonds is 16. The number of piperazine rings is 1. The van der Waals surface area contributed by atoms with Gasteiger partial charge in [0, 0.05) is 97.9 Å². The molecule has 15 heteroatoms. The number of nitrogens with zero attached hydrogens (tertiary/aromatic N) is 7. The smallest absolute Gasteiger partial charge is 0.358 e. The molecule has 3 N–H and O–H groups in total. The van der Waals surface area contributed by atoms with Crippen LogP contribution in [0.4, 0.5) is 29.8 Å². The second-order valence-corrected chi connectivity index (χ2v) is 20.6. The third-order valence-corrected chi connectivity index (χ3v) is 15.7. The fourth-order valence-corrected chi connectivity index (χ4v) is 11.8. The van der Waals surface area contributed by atoms with Crippen molar-refractivity contribution in [2.45, 2.75) is 70.1 Å². The fraction of sp³-hybridized carbons (Fsp3) is 0.310. The molecule has 0 bridgehead atoms. The van der Waals surface area contributed by atoms with Crippen LogP contribution in [0.15, 0.2) is 129 Å². The van der Waals surface area contributed by atoms with Crippen LogP contribution in [0.5, 0.6) is 0 Å². The molecule has 0 aliphatic carbocycles. The quantitative estimate of drug-likeness (QED) is 0.0816. The van der Waals surface area contributed by atoms with Crippen molar-refractivity contribution in [1.82, 2.24) is 34.9 Å². The fourth-order valence-electron chi connectivity index (χ4n) is 10.9. The zero-order valence-corrected chi connectivity index (χ0v) is 42.3. The number of anilines is 3. The van der Waals surface area contributed by atoms with Gasteiger partial charge in [-0.25, -0.2) is 9.97 Å². The van der Waals surface area contributed by atoms with Crippen molar-refractivity contribution in [3.8, 4) is 11.1 Å². The number of hydrogen-bond donors (Lipinski definition) is 3. The topological polar surface area (TPSA) is 106 Å². The first kappa shape index (κ1) is 49.5. The van der Waals surface area contributed by atoms with E-state index >= 15 is 0 Å². The van der Waals surface area contributed by atoms with Crippen LogP contribution < -0.4 is 20.9 Å². The Morgan fingerprint density at radius 1 is 0.932 bits per heavy atom. The molecule has 2 unspecified atom stereocenters. The van der Waals surface area contributed by atoms with E-state index in [0.717, 1.165) is 98.1 Å². The number of alkyl halides is 3. The van der Waals surface area contributed by atoms with Crippen LogP contribution in [0.25, 0.3) is 44.0 Å². The molecule has 1 amide bonds. The van der Waals surface area contributed by atoms with Gasteiger partial charge in [0.15, 0.2) is 5.13 Å². The van der Waals surface area contributed by atoms with E-state index in [2.05, 4.69) is 109 Å². The average molecular weight is 1000 g/mol. The number of para-hydroxylation sites is 1. The van der Waals surface area contributed by atoms with Gasteiger partial charge in [-0.05, 0) is 122 Å². The lowest BCUT2D eigenvalue weighted by molar-refractivity contribution is -0.195. The van der Waals surface area contributed by atoms with Crippen LogP contribution >= 0.6 is 11.3 Å². The minimum Gasteiger partial charge on any atom is -0.358 e. The molecular formula is C58H61F3N10OS. The molecule has 6 heterocycles. The van der Waals surface area contributed by atoms with E-state index in [0.29, 0.717) is 49.6 Å². The first-order valence-electron chi connectivity index (χ1n) is 25.0. The van der Waals surface area contributed by atoms with Gasteiger partial charge in [-0.15, -0.1) is 0 Å². The molecule has 2 atom stereocenters. The molecule has 4 aromatic carbocycles. The highest BCUT2D eigenvalue weighted by Gasteiger charge is 2.46. The number of unbranched alkanes of at least 4 members (excludes halogenated alkanes) is 1. The summed E-state index contributed by atoms with van der Waals surface area (Å²) in [6.07, 6.45) is 1.80. The predicted molar refractivity (Wildman–Crippen MR) is 292 cm³/mol. The zero-order valence-electron chi connectivity index (χ0n) is 41.5. The Balaban J connectivity index is 0.733. The van der Waals surface area contributed by atoms with Gasteiger partial charge in [0.25, 0.3) is 0 Å². The highest BCUT2D eigenvalue weighted by atomic mass is 32.1. The van der Waals surface area contributed by atoms with Gasteiger partial charge >= 0.3 is 6.18 Å². The number of aryl methyl sites for hydroxylation is 2. The van der Waals surface area contributed by atoms with Crippen LogP contribution in [0.3, 0.4) is 0 Å². The van der Waals surface area contributed by atoms with Gasteiger partial charge in [0.05, 0.1) is 27.1 Å². The van der Waals surface area contributed by atoms with Crippen molar-refractivity contribution in [3.63, 3.8) is 0 Å². The van der Waals surface area contributed by atoms with Crippen LogP contribution in [-0.4, -0.2) is 86.9 Å². The minimum atomic E-state index is -4.39. The number of carbonyl (C=O) groups is 1. The van der Waals surface area contributed by atoms with Crippen molar-refractivity contribution >= 4 is 66.8 Å². The first-order chi connectivity index (χ1) is 35.2. The number of amides is 1. The largest absolute Gasteiger partial charge is 0.405 e. The van der Waals surface area contributed by atoms with Gasteiger partial charge in [-0.3, -0.25) is 14.4 Å². The lowest BCUT2D eigenvalue weighted by Crippen LogP contribution is -2.59. The van der Waals surface area contributed by atoms with Crippen LogP contribution in [-0.2, 0) is 31.2 Å². The molecule has 7 aromatic rings. The Kier molecular flexibility index (Phi) is 14.1. The number of nitrogens with one attached hydrogen (secondary N) is 3. The number of halogens is 3. The number of fused-ring (bicyclic) bond motifs is 3. The summed E-state index contributed by atoms with van der Waals surface area (Å²) in [5, 5.41) is 16.1. The Morgan fingerprint density at radius 2 is 1.77 bits per heavy atom. The molecular weight excluding hydrogens is 942 g/mol. The molecule has 3 aromatic heterocycles.